The van der Waals surface area contributed by atoms with E-state index in [4.69, 9.17) is 9.47 Å². The standard InChI is InChI=1S/C28H32N2O5/c1-4-19-7-5-6-18(2)26(19)30-17-20(14-25(30)32)27(33)29-12-10-28(11-13-29)16-23(31)22-9-8-21(34-3)15-24(22)35-28/h5-9,15,20H,4,10-14,16-17H2,1-3H3. The fourth-order valence-corrected chi connectivity index (χ4v) is 5.75. The lowest BCUT2D eigenvalue weighted by Gasteiger charge is -2.44. The number of fused-ring (bicyclic) bond motifs is 1. The summed E-state index contributed by atoms with van der Waals surface area (Å²) < 4.78 is 11.6. The molecule has 3 aliphatic heterocycles. The molecule has 3 heterocycles. The Hall–Kier alpha value is -3.35. The number of Topliss-reactive ketones (excluding diaryl/α,β-unsaturated/α-hetero) is 1. The highest BCUT2D eigenvalue weighted by Crippen LogP contribution is 2.41. The van der Waals surface area contributed by atoms with Crippen molar-refractivity contribution in [2.24, 2.45) is 5.92 Å². The fraction of sp³-hybridized carbons (Fsp3) is 0.464. The van der Waals surface area contributed by atoms with Crippen LogP contribution in [0.5, 0.6) is 11.5 Å². The Balaban J connectivity index is 1.26. The zero-order valence-electron chi connectivity index (χ0n) is 20.6. The normalized spacial score (nSPS) is 21.2. The number of anilines is 1. The van der Waals surface area contributed by atoms with Gasteiger partial charge in [0.15, 0.2) is 5.78 Å². The van der Waals surface area contributed by atoms with Gasteiger partial charge in [0.05, 0.1) is 25.0 Å². The third-order valence-electron chi connectivity index (χ3n) is 7.73. The molecule has 7 heteroatoms. The predicted octanol–water partition coefficient (Wildman–Crippen LogP) is 3.95. The average Bonchev–Trinajstić information content (AvgIpc) is 3.24. The number of carbonyl (C=O) groups is 3. The number of ether oxygens (including phenoxy) is 2. The molecular formula is C28H32N2O5. The number of para-hydroxylation sites is 1. The summed E-state index contributed by atoms with van der Waals surface area (Å²) in [7, 11) is 1.59. The van der Waals surface area contributed by atoms with E-state index >= 15 is 0 Å². The first-order valence-electron chi connectivity index (χ1n) is 12.4. The number of amides is 2. The third kappa shape index (κ3) is 4.17. The minimum Gasteiger partial charge on any atom is -0.497 e. The van der Waals surface area contributed by atoms with Gasteiger partial charge in [0.2, 0.25) is 11.8 Å². The molecule has 0 aliphatic carbocycles. The number of aryl methyl sites for hydroxylation is 2. The Bertz CT molecular complexity index is 1180. The summed E-state index contributed by atoms with van der Waals surface area (Å²) in [6.45, 7) is 5.54. The highest BCUT2D eigenvalue weighted by molar-refractivity contribution is 6.02. The zero-order valence-corrected chi connectivity index (χ0v) is 20.6. The Morgan fingerprint density at radius 1 is 1.17 bits per heavy atom. The smallest absolute Gasteiger partial charge is 0.228 e. The highest BCUT2D eigenvalue weighted by Gasteiger charge is 2.45. The van der Waals surface area contributed by atoms with Crippen LogP contribution in [0.15, 0.2) is 36.4 Å². The predicted molar refractivity (Wildman–Crippen MR) is 132 cm³/mol. The molecule has 1 unspecified atom stereocenters. The van der Waals surface area contributed by atoms with Crippen LogP contribution in [0.4, 0.5) is 5.69 Å². The van der Waals surface area contributed by atoms with Crippen molar-refractivity contribution in [1.29, 1.82) is 0 Å². The molecule has 0 bridgehead atoms. The molecule has 1 spiro atoms. The molecule has 2 amide bonds. The van der Waals surface area contributed by atoms with E-state index in [2.05, 4.69) is 6.92 Å². The highest BCUT2D eigenvalue weighted by atomic mass is 16.5. The number of ketones is 1. The van der Waals surface area contributed by atoms with Crippen LogP contribution >= 0.6 is 0 Å². The van der Waals surface area contributed by atoms with E-state index in [0.29, 0.717) is 56.0 Å². The Kier molecular flexibility index (Phi) is 6.03. The minimum absolute atomic E-state index is 0.00703. The summed E-state index contributed by atoms with van der Waals surface area (Å²) in [5.74, 6) is 0.952. The SMILES string of the molecule is CCc1cccc(C)c1N1CC(C(=O)N2CCC3(CC2)CC(=O)c2ccc(OC)cc2O3)CC1=O. The van der Waals surface area contributed by atoms with Gasteiger partial charge < -0.3 is 19.3 Å². The molecule has 184 valence electrons. The van der Waals surface area contributed by atoms with Crippen LogP contribution in [-0.4, -0.2) is 54.8 Å². The number of methoxy groups -OCH3 is 1. The Morgan fingerprint density at radius 2 is 1.94 bits per heavy atom. The molecular weight excluding hydrogens is 444 g/mol. The lowest BCUT2D eigenvalue weighted by atomic mass is 9.82. The fourth-order valence-electron chi connectivity index (χ4n) is 5.75. The van der Waals surface area contributed by atoms with Crippen LogP contribution in [0.1, 0.15) is 54.1 Å². The maximum absolute atomic E-state index is 13.4. The minimum atomic E-state index is -0.595. The maximum Gasteiger partial charge on any atom is 0.228 e. The summed E-state index contributed by atoms with van der Waals surface area (Å²) in [4.78, 5) is 42.8. The van der Waals surface area contributed by atoms with Gasteiger partial charge >= 0.3 is 0 Å². The molecule has 2 fully saturated rings. The van der Waals surface area contributed by atoms with E-state index in [1.165, 1.54) is 0 Å². The van der Waals surface area contributed by atoms with E-state index in [0.717, 1.165) is 23.2 Å². The van der Waals surface area contributed by atoms with Crippen molar-refractivity contribution in [3.63, 3.8) is 0 Å². The van der Waals surface area contributed by atoms with Crippen molar-refractivity contribution >= 4 is 23.3 Å². The first-order valence-corrected chi connectivity index (χ1v) is 12.4. The second-order valence-electron chi connectivity index (χ2n) is 9.91. The summed E-state index contributed by atoms with van der Waals surface area (Å²) in [5.41, 5.74) is 3.13. The van der Waals surface area contributed by atoms with Crippen LogP contribution in [0.3, 0.4) is 0 Å². The molecule has 5 rings (SSSR count). The van der Waals surface area contributed by atoms with Gasteiger partial charge in [-0.05, 0) is 36.6 Å². The zero-order chi connectivity index (χ0) is 24.7. The number of benzene rings is 2. The number of carbonyl (C=O) groups excluding carboxylic acids is 3. The van der Waals surface area contributed by atoms with Gasteiger partial charge in [0.25, 0.3) is 0 Å². The third-order valence-corrected chi connectivity index (χ3v) is 7.73. The number of rotatable bonds is 4. The van der Waals surface area contributed by atoms with Crippen LogP contribution in [0.2, 0.25) is 0 Å². The van der Waals surface area contributed by atoms with Gasteiger partial charge in [-0.25, -0.2) is 0 Å². The van der Waals surface area contributed by atoms with Gasteiger partial charge in [-0.15, -0.1) is 0 Å². The van der Waals surface area contributed by atoms with E-state index in [1.54, 1.807) is 30.2 Å². The number of piperidine rings is 1. The van der Waals surface area contributed by atoms with Crippen molar-refractivity contribution in [1.82, 2.24) is 4.90 Å². The van der Waals surface area contributed by atoms with Crippen molar-refractivity contribution in [2.45, 2.75) is 51.6 Å². The second kappa shape index (κ2) is 9.02. The molecule has 0 N–H and O–H groups in total. The lowest BCUT2D eigenvalue weighted by Crippen LogP contribution is -2.53. The van der Waals surface area contributed by atoms with Crippen LogP contribution in [0, 0.1) is 12.8 Å². The van der Waals surface area contributed by atoms with Crippen LogP contribution < -0.4 is 14.4 Å². The Morgan fingerprint density at radius 3 is 2.66 bits per heavy atom. The van der Waals surface area contributed by atoms with Gasteiger partial charge in [-0.3, -0.25) is 14.4 Å². The molecule has 1 atom stereocenters. The van der Waals surface area contributed by atoms with Crippen molar-refractivity contribution < 1.29 is 23.9 Å². The molecule has 0 saturated carbocycles. The summed E-state index contributed by atoms with van der Waals surface area (Å²) in [5, 5.41) is 0. The summed E-state index contributed by atoms with van der Waals surface area (Å²) >= 11 is 0. The van der Waals surface area contributed by atoms with Crippen molar-refractivity contribution in [3.05, 3.63) is 53.1 Å². The maximum atomic E-state index is 13.4. The topological polar surface area (TPSA) is 76.2 Å². The molecule has 7 nitrogen and oxygen atoms in total. The van der Waals surface area contributed by atoms with E-state index in [-0.39, 0.29) is 29.9 Å². The molecule has 35 heavy (non-hydrogen) atoms. The molecule has 3 aliphatic rings. The first-order chi connectivity index (χ1) is 16.8. The summed E-state index contributed by atoms with van der Waals surface area (Å²) in [6.07, 6.45) is 2.56. The molecule has 2 aromatic rings. The van der Waals surface area contributed by atoms with E-state index in [9.17, 15) is 14.4 Å². The molecule has 2 aromatic carbocycles. The van der Waals surface area contributed by atoms with Gasteiger partial charge in [-0.1, -0.05) is 25.1 Å². The number of likely N-dealkylation sites (tertiary alicyclic amines) is 1. The quantitative estimate of drug-likeness (QED) is 0.668. The molecule has 2 saturated heterocycles. The molecule has 0 radical (unpaired) electrons. The lowest BCUT2D eigenvalue weighted by molar-refractivity contribution is -0.139. The first kappa shape index (κ1) is 23.4. The van der Waals surface area contributed by atoms with Crippen LogP contribution in [-0.2, 0) is 16.0 Å². The second-order valence-corrected chi connectivity index (χ2v) is 9.91. The van der Waals surface area contributed by atoms with Crippen LogP contribution in [0.25, 0.3) is 0 Å². The summed E-state index contributed by atoms with van der Waals surface area (Å²) in [6, 6.07) is 11.4. The van der Waals surface area contributed by atoms with Gasteiger partial charge in [0, 0.05) is 50.7 Å². The van der Waals surface area contributed by atoms with Crippen molar-refractivity contribution in [3.8, 4) is 11.5 Å². The Labute approximate surface area is 206 Å². The average molecular weight is 477 g/mol. The molecule has 0 aromatic heterocycles. The number of hydrogen-bond donors (Lipinski definition) is 0. The number of nitrogens with zero attached hydrogens (tertiary/aromatic N) is 2. The monoisotopic (exact) mass is 476 g/mol. The van der Waals surface area contributed by atoms with E-state index in [1.807, 2.05) is 30.0 Å². The van der Waals surface area contributed by atoms with Gasteiger partial charge in [-0.2, -0.15) is 0 Å². The van der Waals surface area contributed by atoms with Crippen molar-refractivity contribution in [2.75, 3.05) is 31.6 Å². The number of hydrogen-bond acceptors (Lipinski definition) is 5. The largest absolute Gasteiger partial charge is 0.497 e. The van der Waals surface area contributed by atoms with Gasteiger partial charge in [0.1, 0.15) is 17.1 Å². The van der Waals surface area contributed by atoms with E-state index < -0.39 is 5.60 Å².